The first-order valence-electron chi connectivity index (χ1n) is 3.53. The molecule has 1 aromatic heterocycles. The number of hydrogen-bond donors (Lipinski definition) is 1. The monoisotopic (exact) mass is 215 g/mol. The standard InChI is InChI=1S/C7H6F5NO/c8-6(9,3-13)4-1-2-5(14-4)7(10,11)12/h1-2H,3,13H2. The van der Waals surface area contributed by atoms with Crippen LogP contribution in [-0.2, 0) is 12.1 Å². The summed E-state index contributed by atoms with van der Waals surface area (Å²) in [7, 11) is 0. The lowest BCUT2D eigenvalue weighted by molar-refractivity contribution is -0.155. The van der Waals surface area contributed by atoms with Crippen LogP contribution in [0.3, 0.4) is 0 Å². The molecule has 1 heterocycles. The van der Waals surface area contributed by atoms with Gasteiger partial charge in [-0.15, -0.1) is 0 Å². The molecule has 0 saturated heterocycles. The van der Waals surface area contributed by atoms with Gasteiger partial charge in [-0.25, -0.2) is 0 Å². The smallest absolute Gasteiger partial charge is 0.449 e. The molecule has 1 aromatic rings. The van der Waals surface area contributed by atoms with Gasteiger partial charge in [-0.1, -0.05) is 0 Å². The van der Waals surface area contributed by atoms with Crippen LogP contribution in [0.5, 0.6) is 0 Å². The van der Waals surface area contributed by atoms with E-state index in [-0.39, 0.29) is 0 Å². The van der Waals surface area contributed by atoms with E-state index in [9.17, 15) is 22.0 Å². The maximum Gasteiger partial charge on any atom is 0.449 e. The van der Waals surface area contributed by atoms with Crippen molar-refractivity contribution in [2.45, 2.75) is 12.1 Å². The molecule has 0 bridgehead atoms. The Labute approximate surface area is 75.5 Å². The Kier molecular flexibility index (Phi) is 2.53. The van der Waals surface area contributed by atoms with Crippen LogP contribution >= 0.6 is 0 Å². The van der Waals surface area contributed by atoms with E-state index < -0.39 is 30.2 Å². The molecular formula is C7H6F5NO. The number of rotatable bonds is 2. The normalized spacial score (nSPS) is 13.3. The van der Waals surface area contributed by atoms with E-state index >= 15 is 0 Å². The summed E-state index contributed by atoms with van der Waals surface area (Å²) in [6.45, 7) is -1.10. The molecule has 2 nitrogen and oxygen atoms in total. The molecule has 0 aliphatic rings. The van der Waals surface area contributed by atoms with Gasteiger partial charge in [-0.05, 0) is 12.1 Å². The third kappa shape index (κ3) is 2.03. The Bertz CT molecular complexity index is 316. The summed E-state index contributed by atoms with van der Waals surface area (Å²) in [5.41, 5.74) is 4.67. The van der Waals surface area contributed by atoms with Crippen LogP contribution < -0.4 is 5.73 Å². The first kappa shape index (κ1) is 11.0. The largest absolute Gasteiger partial charge is 0.450 e. The van der Waals surface area contributed by atoms with E-state index in [1.807, 2.05) is 0 Å². The molecule has 0 aliphatic heterocycles. The zero-order valence-electron chi connectivity index (χ0n) is 6.74. The lowest BCUT2D eigenvalue weighted by Gasteiger charge is -2.10. The van der Waals surface area contributed by atoms with Crippen molar-refractivity contribution in [1.82, 2.24) is 0 Å². The average molecular weight is 215 g/mol. The van der Waals surface area contributed by atoms with Gasteiger partial charge in [0.15, 0.2) is 5.76 Å². The molecule has 1 rings (SSSR count). The van der Waals surface area contributed by atoms with Gasteiger partial charge in [0.1, 0.15) is 0 Å². The molecule has 80 valence electrons. The Balaban J connectivity index is 3.00. The predicted octanol–water partition coefficient (Wildman–Crippen LogP) is 2.35. The number of hydrogen-bond acceptors (Lipinski definition) is 2. The molecule has 14 heavy (non-hydrogen) atoms. The third-order valence-corrected chi connectivity index (χ3v) is 1.50. The molecule has 2 N–H and O–H groups in total. The summed E-state index contributed by atoms with van der Waals surface area (Å²) >= 11 is 0. The van der Waals surface area contributed by atoms with Crippen LogP contribution in [0.2, 0.25) is 0 Å². The van der Waals surface area contributed by atoms with Gasteiger partial charge in [0.25, 0.3) is 0 Å². The van der Waals surface area contributed by atoms with Crippen LogP contribution in [-0.4, -0.2) is 6.54 Å². The second-order valence-electron chi connectivity index (χ2n) is 2.57. The first-order valence-corrected chi connectivity index (χ1v) is 3.53. The van der Waals surface area contributed by atoms with Crippen LogP contribution in [0, 0.1) is 0 Å². The predicted molar refractivity (Wildman–Crippen MR) is 36.7 cm³/mol. The minimum absolute atomic E-state index is 0.443. The van der Waals surface area contributed by atoms with Crippen molar-refractivity contribution in [3.63, 3.8) is 0 Å². The third-order valence-electron chi connectivity index (χ3n) is 1.50. The summed E-state index contributed by atoms with van der Waals surface area (Å²) in [6, 6.07) is 1.01. The minimum atomic E-state index is -4.76. The first-order chi connectivity index (χ1) is 6.27. The Hall–Kier alpha value is -1.11. The van der Waals surface area contributed by atoms with E-state index in [1.54, 1.807) is 0 Å². The van der Waals surface area contributed by atoms with Gasteiger partial charge in [0.2, 0.25) is 5.76 Å². The van der Waals surface area contributed by atoms with Crippen LogP contribution in [0.25, 0.3) is 0 Å². The summed E-state index contributed by atoms with van der Waals surface area (Å²) in [5.74, 6) is -6.10. The molecule has 0 fully saturated rings. The van der Waals surface area contributed by atoms with Crippen molar-refractivity contribution in [3.05, 3.63) is 23.7 Å². The number of furan rings is 1. The minimum Gasteiger partial charge on any atom is -0.450 e. The van der Waals surface area contributed by atoms with Crippen molar-refractivity contribution in [1.29, 1.82) is 0 Å². The summed E-state index contributed by atoms with van der Waals surface area (Å²) in [6.07, 6.45) is -4.76. The topological polar surface area (TPSA) is 39.2 Å². The second kappa shape index (κ2) is 3.23. The summed E-state index contributed by atoms with van der Waals surface area (Å²) in [4.78, 5) is 0. The summed E-state index contributed by atoms with van der Waals surface area (Å²) < 4.78 is 65.1. The van der Waals surface area contributed by atoms with Gasteiger partial charge in [-0.2, -0.15) is 22.0 Å². The maximum absolute atomic E-state index is 12.7. The van der Waals surface area contributed by atoms with E-state index in [4.69, 9.17) is 0 Å². The molecule has 7 heteroatoms. The van der Waals surface area contributed by atoms with Crippen molar-refractivity contribution in [3.8, 4) is 0 Å². The van der Waals surface area contributed by atoms with E-state index in [2.05, 4.69) is 10.2 Å². The van der Waals surface area contributed by atoms with Crippen LogP contribution in [0.4, 0.5) is 22.0 Å². The zero-order valence-corrected chi connectivity index (χ0v) is 6.74. The van der Waals surface area contributed by atoms with Crippen molar-refractivity contribution in [2.75, 3.05) is 6.54 Å². The van der Waals surface area contributed by atoms with Gasteiger partial charge in [-0.3, -0.25) is 0 Å². The SMILES string of the molecule is NCC(F)(F)c1ccc(C(F)(F)F)o1. The van der Waals surface area contributed by atoms with Crippen molar-refractivity contribution < 1.29 is 26.4 Å². The zero-order chi connectivity index (χ0) is 11.0. The highest BCUT2D eigenvalue weighted by Gasteiger charge is 2.39. The van der Waals surface area contributed by atoms with E-state index in [1.165, 1.54) is 0 Å². The fourth-order valence-corrected chi connectivity index (χ4v) is 0.787. The fourth-order valence-electron chi connectivity index (χ4n) is 0.787. The maximum atomic E-state index is 12.7. The van der Waals surface area contributed by atoms with Gasteiger partial charge >= 0.3 is 12.1 Å². The van der Waals surface area contributed by atoms with Crippen molar-refractivity contribution in [2.24, 2.45) is 5.73 Å². The highest BCUT2D eigenvalue weighted by Crippen LogP contribution is 2.35. The average Bonchev–Trinajstić information content (AvgIpc) is 2.51. The van der Waals surface area contributed by atoms with Gasteiger partial charge in [0, 0.05) is 0 Å². The number of halogens is 5. The van der Waals surface area contributed by atoms with E-state index in [0.29, 0.717) is 12.1 Å². The molecule has 0 radical (unpaired) electrons. The Morgan fingerprint density at radius 3 is 1.93 bits per heavy atom. The molecule has 0 spiro atoms. The lowest BCUT2D eigenvalue weighted by Crippen LogP contribution is -2.24. The lowest BCUT2D eigenvalue weighted by atomic mass is 10.2. The molecule has 0 saturated carbocycles. The Morgan fingerprint density at radius 2 is 1.57 bits per heavy atom. The molecule has 0 aromatic carbocycles. The molecule has 0 aliphatic carbocycles. The fraction of sp³-hybridized carbons (Fsp3) is 0.429. The van der Waals surface area contributed by atoms with Crippen LogP contribution in [0.15, 0.2) is 16.5 Å². The number of nitrogens with two attached hydrogens (primary N) is 1. The molecular weight excluding hydrogens is 209 g/mol. The van der Waals surface area contributed by atoms with Crippen molar-refractivity contribution >= 4 is 0 Å². The molecule has 0 atom stereocenters. The highest BCUT2D eigenvalue weighted by molar-refractivity contribution is 5.14. The summed E-state index contributed by atoms with van der Waals surface area (Å²) in [5, 5.41) is 0. The second-order valence-corrected chi connectivity index (χ2v) is 2.57. The van der Waals surface area contributed by atoms with E-state index in [0.717, 1.165) is 0 Å². The van der Waals surface area contributed by atoms with Gasteiger partial charge < -0.3 is 10.2 Å². The Morgan fingerprint density at radius 1 is 1.07 bits per heavy atom. The quantitative estimate of drug-likeness (QED) is 0.769. The molecule has 0 unspecified atom stereocenters. The number of alkyl halides is 5. The highest BCUT2D eigenvalue weighted by atomic mass is 19.4. The molecule has 0 amide bonds. The van der Waals surface area contributed by atoms with Crippen LogP contribution in [0.1, 0.15) is 11.5 Å². The van der Waals surface area contributed by atoms with Gasteiger partial charge in [0.05, 0.1) is 6.54 Å².